The van der Waals surface area contributed by atoms with Crippen molar-refractivity contribution in [3.05, 3.63) is 76.5 Å². The predicted molar refractivity (Wildman–Crippen MR) is 118 cm³/mol. The summed E-state index contributed by atoms with van der Waals surface area (Å²) < 4.78 is 15.8. The molecule has 1 N–H and O–H groups in total. The molecule has 8 heteroatoms. The van der Waals surface area contributed by atoms with E-state index in [-0.39, 0.29) is 24.5 Å². The zero-order valence-corrected chi connectivity index (χ0v) is 17.8. The topological polar surface area (TPSA) is 90.1 Å². The predicted octanol–water partition coefficient (Wildman–Crippen LogP) is 4.48. The second-order valence-corrected chi connectivity index (χ2v) is 6.84. The largest absolute Gasteiger partial charge is 0.497 e. The molecule has 31 heavy (non-hydrogen) atoms. The van der Waals surface area contributed by atoms with Crippen LogP contribution in [0.1, 0.15) is 28.6 Å². The number of ether oxygens (including phenoxy) is 2. The second-order valence-electron chi connectivity index (χ2n) is 6.44. The van der Waals surface area contributed by atoms with E-state index in [0.717, 1.165) is 11.3 Å². The molecule has 0 spiro atoms. The third kappa shape index (κ3) is 5.96. The van der Waals surface area contributed by atoms with E-state index in [1.165, 1.54) is 6.21 Å². The second kappa shape index (κ2) is 10.4. The van der Waals surface area contributed by atoms with E-state index in [1.807, 2.05) is 12.1 Å². The number of nitrogens with one attached hydrogen (secondary N) is 1. The summed E-state index contributed by atoms with van der Waals surface area (Å²) in [6.45, 7) is 1.98. The average Bonchev–Trinajstić information content (AvgIpc) is 3.23. The molecule has 0 fully saturated rings. The zero-order valence-electron chi connectivity index (χ0n) is 17.1. The molecule has 0 aliphatic rings. The fourth-order valence-electron chi connectivity index (χ4n) is 2.76. The van der Waals surface area contributed by atoms with Crippen LogP contribution in [0.25, 0.3) is 11.3 Å². The smallest absolute Gasteiger partial charge is 0.339 e. The number of carbonyl (C=O) groups is 2. The van der Waals surface area contributed by atoms with Gasteiger partial charge in [0.05, 0.1) is 36.9 Å². The maximum absolute atomic E-state index is 12.0. The van der Waals surface area contributed by atoms with Crippen LogP contribution in [-0.2, 0) is 16.0 Å². The van der Waals surface area contributed by atoms with Crippen LogP contribution in [0.3, 0.4) is 0 Å². The molecule has 0 bridgehead atoms. The highest BCUT2D eigenvalue weighted by Gasteiger charge is 2.14. The lowest BCUT2D eigenvalue weighted by Gasteiger charge is -2.05. The molecule has 1 heterocycles. The van der Waals surface area contributed by atoms with Crippen molar-refractivity contribution in [3.8, 4) is 17.1 Å². The van der Waals surface area contributed by atoms with Crippen molar-refractivity contribution >= 4 is 29.7 Å². The van der Waals surface area contributed by atoms with Crippen molar-refractivity contribution in [1.29, 1.82) is 0 Å². The fourth-order valence-corrected chi connectivity index (χ4v) is 2.95. The number of furan rings is 1. The van der Waals surface area contributed by atoms with Crippen LogP contribution >= 0.6 is 11.6 Å². The highest BCUT2D eigenvalue weighted by molar-refractivity contribution is 6.33. The van der Waals surface area contributed by atoms with Gasteiger partial charge >= 0.3 is 5.97 Å². The van der Waals surface area contributed by atoms with Crippen molar-refractivity contribution in [1.82, 2.24) is 5.43 Å². The summed E-state index contributed by atoms with van der Waals surface area (Å²) in [5.41, 5.74) is 4.23. The van der Waals surface area contributed by atoms with Gasteiger partial charge < -0.3 is 13.9 Å². The fraction of sp³-hybridized carbons (Fsp3) is 0.174. The number of carbonyl (C=O) groups excluding carboxylic acids is 2. The number of methoxy groups -OCH3 is 1. The molecule has 3 aromatic rings. The van der Waals surface area contributed by atoms with E-state index in [2.05, 4.69) is 10.5 Å². The number of hydrogen-bond donors (Lipinski definition) is 1. The molecule has 2 aromatic carbocycles. The molecule has 0 aliphatic carbocycles. The van der Waals surface area contributed by atoms with Crippen molar-refractivity contribution in [2.45, 2.75) is 13.3 Å². The normalized spacial score (nSPS) is 10.8. The van der Waals surface area contributed by atoms with Crippen molar-refractivity contribution < 1.29 is 23.5 Å². The van der Waals surface area contributed by atoms with Gasteiger partial charge in [-0.15, -0.1) is 0 Å². The van der Waals surface area contributed by atoms with Gasteiger partial charge in [-0.25, -0.2) is 10.2 Å². The first-order valence-electron chi connectivity index (χ1n) is 9.52. The van der Waals surface area contributed by atoms with E-state index in [4.69, 9.17) is 25.5 Å². The molecule has 7 nitrogen and oxygen atoms in total. The van der Waals surface area contributed by atoms with Gasteiger partial charge in [-0.05, 0) is 55.0 Å². The van der Waals surface area contributed by atoms with Crippen LogP contribution in [0.4, 0.5) is 0 Å². The molecule has 0 saturated heterocycles. The quantitative estimate of drug-likeness (QED) is 0.317. The highest BCUT2D eigenvalue weighted by atomic mass is 35.5. The number of hydrazone groups is 1. The van der Waals surface area contributed by atoms with Crippen molar-refractivity contribution in [3.63, 3.8) is 0 Å². The molecule has 0 saturated carbocycles. The molecular weight excluding hydrogens is 420 g/mol. The van der Waals surface area contributed by atoms with E-state index in [9.17, 15) is 9.59 Å². The number of hydrogen-bond acceptors (Lipinski definition) is 6. The summed E-state index contributed by atoms with van der Waals surface area (Å²) in [5.74, 6) is 0.929. The van der Waals surface area contributed by atoms with Crippen molar-refractivity contribution in [2.75, 3.05) is 13.7 Å². The lowest BCUT2D eigenvalue weighted by molar-refractivity contribution is -0.120. The summed E-state index contributed by atoms with van der Waals surface area (Å²) >= 11 is 6.09. The molecule has 0 atom stereocenters. The molecule has 0 unspecified atom stereocenters. The van der Waals surface area contributed by atoms with Gasteiger partial charge in [-0.1, -0.05) is 23.7 Å². The van der Waals surface area contributed by atoms with Gasteiger partial charge in [0, 0.05) is 5.56 Å². The Balaban J connectivity index is 1.61. The minimum Gasteiger partial charge on any atom is -0.497 e. The Morgan fingerprint density at radius 3 is 2.61 bits per heavy atom. The summed E-state index contributed by atoms with van der Waals surface area (Å²) in [7, 11) is 1.59. The summed E-state index contributed by atoms with van der Waals surface area (Å²) in [5, 5.41) is 4.23. The van der Waals surface area contributed by atoms with Gasteiger partial charge in [0.15, 0.2) is 0 Å². The Labute approximate surface area is 184 Å². The number of rotatable bonds is 8. The minimum absolute atomic E-state index is 0.187. The van der Waals surface area contributed by atoms with E-state index < -0.39 is 5.97 Å². The Morgan fingerprint density at radius 2 is 1.90 bits per heavy atom. The number of benzene rings is 2. The molecule has 160 valence electrons. The molecule has 0 radical (unpaired) electrons. The van der Waals surface area contributed by atoms with Gasteiger partial charge in [0.2, 0.25) is 5.91 Å². The van der Waals surface area contributed by atoms with Crippen LogP contribution in [0.5, 0.6) is 5.75 Å². The van der Waals surface area contributed by atoms with Crippen LogP contribution < -0.4 is 10.2 Å². The number of amides is 1. The van der Waals surface area contributed by atoms with E-state index in [0.29, 0.717) is 22.1 Å². The number of halogens is 1. The average molecular weight is 441 g/mol. The summed E-state index contributed by atoms with van der Waals surface area (Å²) in [4.78, 5) is 24.0. The first-order valence-corrected chi connectivity index (χ1v) is 9.89. The highest BCUT2D eigenvalue weighted by Crippen LogP contribution is 2.27. The zero-order chi connectivity index (χ0) is 22.2. The minimum atomic E-state index is -0.498. The summed E-state index contributed by atoms with van der Waals surface area (Å²) in [6, 6.07) is 15.6. The molecule has 0 aliphatic heterocycles. The van der Waals surface area contributed by atoms with Gasteiger partial charge in [-0.2, -0.15) is 5.10 Å². The van der Waals surface area contributed by atoms with Gasteiger partial charge in [0.25, 0.3) is 0 Å². The maximum Gasteiger partial charge on any atom is 0.339 e. The number of esters is 1. The monoisotopic (exact) mass is 440 g/mol. The molecule has 1 aromatic heterocycles. The van der Waals surface area contributed by atoms with E-state index >= 15 is 0 Å². The van der Waals surface area contributed by atoms with Crippen LogP contribution in [0.15, 0.2) is 64.1 Å². The first kappa shape index (κ1) is 22.1. The Hall–Kier alpha value is -3.58. The molecular formula is C23H21ClN2O5. The maximum atomic E-state index is 12.0. The lowest BCUT2D eigenvalue weighted by atomic mass is 10.1. The standard InChI is InChI=1S/C23H21ClN2O5/c1-3-30-23(28)19-13-16(6-10-20(19)24)21-11-9-18(31-21)14-25-26-22(27)12-15-4-7-17(29-2)8-5-15/h4-11,13-14H,3,12H2,1-2H3,(H,26,27)/b25-14-. The van der Waals surface area contributed by atoms with Gasteiger partial charge in [0.1, 0.15) is 17.3 Å². The Kier molecular flexibility index (Phi) is 7.45. The Bertz CT molecular complexity index is 1090. The number of nitrogens with zero attached hydrogens (tertiary/aromatic N) is 1. The van der Waals surface area contributed by atoms with E-state index in [1.54, 1.807) is 56.5 Å². The first-order chi connectivity index (χ1) is 15.0. The van der Waals surface area contributed by atoms with Crippen LogP contribution in [-0.4, -0.2) is 31.8 Å². The molecule has 1 amide bonds. The van der Waals surface area contributed by atoms with Crippen molar-refractivity contribution in [2.24, 2.45) is 5.10 Å². The van der Waals surface area contributed by atoms with Gasteiger partial charge in [-0.3, -0.25) is 4.79 Å². The Morgan fingerprint density at radius 1 is 1.13 bits per heavy atom. The SMILES string of the molecule is CCOC(=O)c1cc(-c2ccc(/C=N\NC(=O)Cc3ccc(OC)cc3)o2)ccc1Cl. The van der Waals surface area contributed by atoms with Crippen LogP contribution in [0.2, 0.25) is 5.02 Å². The third-order valence-corrected chi connectivity index (χ3v) is 4.61. The third-order valence-electron chi connectivity index (χ3n) is 4.28. The van der Waals surface area contributed by atoms with Crippen LogP contribution in [0, 0.1) is 0 Å². The molecule has 3 rings (SSSR count). The summed E-state index contributed by atoms with van der Waals surface area (Å²) in [6.07, 6.45) is 1.59. The lowest BCUT2D eigenvalue weighted by Crippen LogP contribution is -2.19.